The molecule has 2 fully saturated rings. The van der Waals surface area contributed by atoms with Gasteiger partial charge in [0.2, 0.25) is 0 Å². The van der Waals surface area contributed by atoms with Crippen LogP contribution in [0.15, 0.2) is 0 Å². The molecule has 0 aromatic rings. The van der Waals surface area contributed by atoms with Crippen molar-refractivity contribution in [3.8, 4) is 0 Å². The Morgan fingerprint density at radius 3 is 2.61 bits per heavy atom. The van der Waals surface area contributed by atoms with E-state index in [4.69, 9.17) is 4.74 Å². The average Bonchev–Trinajstić information content (AvgIpc) is 2.34. The molecule has 18 heavy (non-hydrogen) atoms. The van der Waals surface area contributed by atoms with Gasteiger partial charge in [0.15, 0.2) is 0 Å². The molecule has 1 heterocycles. The van der Waals surface area contributed by atoms with E-state index in [0.29, 0.717) is 12.1 Å². The first kappa shape index (κ1) is 14.3. The van der Waals surface area contributed by atoms with Crippen LogP contribution in [0.5, 0.6) is 0 Å². The van der Waals surface area contributed by atoms with Gasteiger partial charge in [0.1, 0.15) is 0 Å². The smallest absolute Gasteiger partial charge is 0.0697 e. The van der Waals surface area contributed by atoms with E-state index in [1.54, 1.807) is 0 Å². The third-order valence-electron chi connectivity index (χ3n) is 4.70. The van der Waals surface area contributed by atoms with Gasteiger partial charge in [-0.25, -0.2) is 0 Å². The lowest BCUT2D eigenvalue weighted by molar-refractivity contribution is -0.136. The van der Waals surface area contributed by atoms with E-state index in [-0.39, 0.29) is 5.60 Å². The third-order valence-corrected chi connectivity index (χ3v) is 4.70. The predicted molar refractivity (Wildman–Crippen MR) is 75.9 cm³/mol. The molecule has 0 amide bonds. The first-order chi connectivity index (χ1) is 8.67. The number of nitrogens with zero attached hydrogens (tertiary/aromatic N) is 1. The molecule has 1 aliphatic heterocycles. The molecule has 2 rings (SSSR count). The highest BCUT2D eigenvalue weighted by atomic mass is 16.5. The highest BCUT2D eigenvalue weighted by Crippen LogP contribution is 2.42. The first-order valence-electron chi connectivity index (χ1n) is 7.80. The van der Waals surface area contributed by atoms with Crippen molar-refractivity contribution in [2.45, 2.75) is 70.6 Å². The van der Waals surface area contributed by atoms with Crippen LogP contribution >= 0.6 is 0 Å². The van der Waals surface area contributed by atoms with Crippen LogP contribution in [0.1, 0.15) is 52.9 Å². The normalized spacial score (nSPS) is 28.3. The molecule has 0 aromatic carbocycles. The molecule has 0 bridgehead atoms. The highest BCUT2D eigenvalue weighted by molar-refractivity contribution is 4.96. The van der Waals surface area contributed by atoms with Gasteiger partial charge in [0.25, 0.3) is 0 Å². The van der Waals surface area contributed by atoms with Crippen LogP contribution in [0.25, 0.3) is 0 Å². The number of ether oxygens (including phenoxy) is 1. The molecule has 2 unspecified atom stereocenters. The van der Waals surface area contributed by atoms with Crippen molar-refractivity contribution in [2.24, 2.45) is 0 Å². The van der Waals surface area contributed by atoms with Crippen LogP contribution < -0.4 is 5.32 Å². The van der Waals surface area contributed by atoms with Crippen LogP contribution in [0.4, 0.5) is 0 Å². The topological polar surface area (TPSA) is 24.5 Å². The van der Waals surface area contributed by atoms with E-state index in [1.807, 2.05) is 0 Å². The zero-order valence-corrected chi connectivity index (χ0v) is 12.4. The van der Waals surface area contributed by atoms with Crippen molar-refractivity contribution >= 4 is 0 Å². The summed E-state index contributed by atoms with van der Waals surface area (Å²) >= 11 is 0. The largest absolute Gasteiger partial charge is 0.375 e. The maximum absolute atomic E-state index is 5.99. The van der Waals surface area contributed by atoms with Gasteiger partial charge in [0.05, 0.1) is 5.60 Å². The van der Waals surface area contributed by atoms with Crippen LogP contribution in [0.3, 0.4) is 0 Å². The Labute approximate surface area is 112 Å². The lowest BCUT2D eigenvalue weighted by atomic mass is 9.74. The number of nitrogens with one attached hydrogen (secondary N) is 1. The lowest BCUT2D eigenvalue weighted by Crippen LogP contribution is -2.53. The quantitative estimate of drug-likeness (QED) is 0.788. The second-order valence-corrected chi connectivity index (χ2v) is 6.13. The average molecular weight is 254 g/mol. The van der Waals surface area contributed by atoms with Gasteiger partial charge < -0.3 is 15.0 Å². The number of hydrogen-bond donors (Lipinski definition) is 1. The van der Waals surface area contributed by atoms with E-state index >= 15 is 0 Å². The summed E-state index contributed by atoms with van der Waals surface area (Å²) in [5.41, 5.74) is 0.269. The van der Waals surface area contributed by atoms with Gasteiger partial charge in [-0.3, -0.25) is 0 Å². The first-order valence-corrected chi connectivity index (χ1v) is 7.80. The molecule has 106 valence electrons. The van der Waals surface area contributed by atoms with E-state index < -0.39 is 0 Å². The van der Waals surface area contributed by atoms with Gasteiger partial charge in [-0.1, -0.05) is 13.8 Å². The van der Waals surface area contributed by atoms with E-state index in [0.717, 1.165) is 26.2 Å². The minimum Gasteiger partial charge on any atom is -0.375 e. The second-order valence-electron chi connectivity index (χ2n) is 6.13. The van der Waals surface area contributed by atoms with Gasteiger partial charge >= 0.3 is 0 Å². The minimum absolute atomic E-state index is 0.269. The fraction of sp³-hybridized carbons (Fsp3) is 1.00. The molecule has 1 saturated carbocycles. The summed E-state index contributed by atoms with van der Waals surface area (Å²) in [6.07, 6.45) is 6.35. The molecule has 1 N–H and O–H groups in total. The third kappa shape index (κ3) is 3.46. The minimum atomic E-state index is 0.269. The molecule has 1 aliphatic carbocycles. The van der Waals surface area contributed by atoms with Crippen molar-refractivity contribution < 1.29 is 4.74 Å². The summed E-state index contributed by atoms with van der Waals surface area (Å²) in [5.74, 6) is 0. The second kappa shape index (κ2) is 6.36. The van der Waals surface area contributed by atoms with Gasteiger partial charge in [-0.15, -0.1) is 0 Å². The molecule has 2 atom stereocenters. The molecule has 0 radical (unpaired) electrons. The van der Waals surface area contributed by atoms with Crippen molar-refractivity contribution in [3.63, 3.8) is 0 Å². The van der Waals surface area contributed by atoms with Crippen LogP contribution in [0.2, 0.25) is 0 Å². The number of rotatable bonds is 6. The van der Waals surface area contributed by atoms with Crippen molar-refractivity contribution in [3.05, 3.63) is 0 Å². The standard InChI is InChI=1S/C15H30N2O/c1-4-17(5-2)12-13(3)16-14-7-10-18-15(11-14)8-6-9-15/h13-14,16H,4-12H2,1-3H3. The Hall–Kier alpha value is -0.120. The molecule has 3 nitrogen and oxygen atoms in total. The van der Waals surface area contributed by atoms with E-state index in [2.05, 4.69) is 31.0 Å². The Morgan fingerprint density at radius 1 is 1.33 bits per heavy atom. The summed E-state index contributed by atoms with van der Waals surface area (Å²) in [5, 5.41) is 3.82. The zero-order valence-electron chi connectivity index (χ0n) is 12.4. The van der Waals surface area contributed by atoms with Gasteiger partial charge in [0, 0.05) is 25.2 Å². The summed E-state index contributed by atoms with van der Waals surface area (Å²) < 4.78 is 5.99. The monoisotopic (exact) mass is 254 g/mol. The maximum atomic E-state index is 5.99. The van der Waals surface area contributed by atoms with E-state index in [9.17, 15) is 0 Å². The highest BCUT2D eigenvalue weighted by Gasteiger charge is 2.42. The Morgan fingerprint density at radius 2 is 2.06 bits per heavy atom. The van der Waals surface area contributed by atoms with Crippen molar-refractivity contribution in [2.75, 3.05) is 26.2 Å². The fourth-order valence-corrected chi connectivity index (χ4v) is 3.41. The summed E-state index contributed by atoms with van der Waals surface area (Å²) in [6.45, 7) is 11.2. The SMILES string of the molecule is CCN(CC)CC(C)NC1CCOC2(CCC2)C1. The Balaban J connectivity index is 1.74. The van der Waals surface area contributed by atoms with Gasteiger partial charge in [-0.2, -0.15) is 0 Å². The zero-order chi connectivity index (χ0) is 13.0. The Kier molecular flexibility index (Phi) is 5.05. The van der Waals surface area contributed by atoms with Crippen LogP contribution in [-0.2, 0) is 4.74 Å². The van der Waals surface area contributed by atoms with Crippen LogP contribution in [0, 0.1) is 0 Å². The summed E-state index contributed by atoms with van der Waals surface area (Å²) in [4.78, 5) is 2.50. The maximum Gasteiger partial charge on any atom is 0.0697 e. The number of hydrogen-bond acceptors (Lipinski definition) is 3. The van der Waals surface area contributed by atoms with Crippen molar-refractivity contribution in [1.82, 2.24) is 10.2 Å². The van der Waals surface area contributed by atoms with Crippen molar-refractivity contribution in [1.29, 1.82) is 0 Å². The lowest BCUT2D eigenvalue weighted by Gasteiger charge is -2.48. The number of likely N-dealkylation sites (N-methyl/N-ethyl adjacent to an activating group) is 1. The summed E-state index contributed by atoms with van der Waals surface area (Å²) in [6, 6.07) is 1.26. The van der Waals surface area contributed by atoms with Crippen LogP contribution in [-0.4, -0.2) is 48.8 Å². The molecule has 1 saturated heterocycles. The van der Waals surface area contributed by atoms with Gasteiger partial charge in [-0.05, 0) is 52.1 Å². The Bertz CT molecular complexity index is 249. The summed E-state index contributed by atoms with van der Waals surface area (Å²) in [7, 11) is 0. The molecular weight excluding hydrogens is 224 g/mol. The molecule has 3 heteroatoms. The molecular formula is C15H30N2O. The molecule has 0 aromatic heterocycles. The fourth-order valence-electron chi connectivity index (χ4n) is 3.41. The predicted octanol–water partition coefficient (Wildman–Crippen LogP) is 2.41. The molecule has 2 aliphatic rings. The van der Waals surface area contributed by atoms with E-state index in [1.165, 1.54) is 32.1 Å². The molecule has 1 spiro atoms.